The Labute approximate surface area is 163 Å². The summed E-state index contributed by atoms with van der Waals surface area (Å²) in [4.78, 5) is -0.265. The van der Waals surface area contributed by atoms with Crippen molar-refractivity contribution in [3.63, 3.8) is 0 Å². The van der Waals surface area contributed by atoms with Crippen molar-refractivity contribution in [2.45, 2.75) is 4.90 Å². The van der Waals surface area contributed by atoms with Gasteiger partial charge in [0.25, 0.3) is 0 Å². The molecule has 0 spiro atoms. The first kappa shape index (κ1) is 18.1. The third-order valence-corrected chi connectivity index (χ3v) is 5.24. The molecule has 0 aliphatic rings. The smallest absolute Gasteiger partial charge is 0.361 e. The second kappa shape index (κ2) is 7.38. The predicted octanol–water partition coefficient (Wildman–Crippen LogP) is 5.47. The predicted molar refractivity (Wildman–Crippen MR) is 107 cm³/mol. The zero-order valence-corrected chi connectivity index (χ0v) is 15.6. The van der Waals surface area contributed by atoms with Gasteiger partial charge in [-0.3, -0.25) is 0 Å². The van der Waals surface area contributed by atoms with E-state index in [-0.39, 0.29) is 4.90 Å². The molecule has 138 valence electrons. The van der Waals surface area contributed by atoms with E-state index in [4.69, 9.17) is 4.42 Å². The quantitative estimate of drug-likeness (QED) is 0.344. The molecule has 0 unspecified atom stereocenters. The molecule has 0 fully saturated rings. The Morgan fingerprint density at radius 2 is 1.04 bits per heavy atom. The van der Waals surface area contributed by atoms with E-state index < -0.39 is 10.1 Å². The first-order valence-corrected chi connectivity index (χ1v) is 10.1. The molecule has 0 atom stereocenters. The third kappa shape index (κ3) is 3.86. The Balaban J connectivity index is 1.87. The van der Waals surface area contributed by atoms with E-state index in [9.17, 15) is 13.0 Å². The molecular weight excluding hydrogens is 372 g/mol. The van der Waals surface area contributed by atoms with Gasteiger partial charge in [-0.25, -0.2) is 12.8 Å². The molecule has 4 rings (SSSR count). The normalized spacial score (nSPS) is 11.3. The highest BCUT2D eigenvalue weighted by atomic mass is 32.2. The van der Waals surface area contributed by atoms with Gasteiger partial charge in [-0.05, 0) is 42.0 Å². The summed E-state index contributed by atoms with van der Waals surface area (Å²) in [6, 6.07) is 29.3. The summed E-state index contributed by atoms with van der Waals surface area (Å²) in [6.45, 7) is 0. The molecule has 1 heterocycles. The molecule has 28 heavy (non-hydrogen) atoms. The first-order chi connectivity index (χ1) is 13.5. The topological polar surface area (TPSA) is 68.5 Å². The van der Waals surface area contributed by atoms with Gasteiger partial charge in [-0.2, -0.15) is 0 Å². The zero-order valence-electron chi connectivity index (χ0n) is 14.8. The van der Waals surface area contributed by atoms with Crippen LogP contribution in [-0.4, -0.2) is 13.0 Å². The molecule has 0 amide bonds. The Kier molecular flexibility index (Phi) is 4.77. The zero-order chi connectivity index (χ0) is 19.6. The fraction of sp³-hybridized carbons (Fsp3) is 0. The van der Waals surface area contributed by atoms with Crippen LogP contribution in [-0.2, 0) is 10.1 Å². The average Bonchev–Trinajstić information content (AvgIpc) is 2.74. The molecule has 5 heteroatoms. The van der Waals surface area contributed by atoms with E-state index in [1.54, 1.807) is 12.1 Å². The maximum Gasteiger partial charge on any atom is 0.361 e. The minimum atomic E-state index is -4.48. The van der Waals surface area contributed by atoms with Crippen molar-refractivity contribution in [1.29, 1.82) is 0 Å². The number of hydrogen-bond donors (Lipinski definition) is 0. The second-order valence-corrected chi connectivity index (χ2v) is 7.66. The lowest BCUT2D eigenvalue weighted by Gasteiger charge is -2.06. The van der Waals surface area contributed by atoms with Crippen LogP contribution in [0.5, 0.6) is 0 Å². The molecule has 4 aromatic rings. The molecule has 0 aliphatic heterocycles. The van der Waals surface area contributed by atoms with Crippen LogP contribution in [0.25, 0.3) is 33.8 Å². The van der Waals surface area contributed by atoms with Gasteiger partial charge >= 0.3 is 11.5 Å². The monoisotopic (exact) mass is 388 g/mol. The highest BCUT2D eigenvalue weighted by Crippen LogP contribution is 2.33. The van der Waals surface area contributed by atoms with Crippen molar-refractivity contribution in [2.24, 2.45) is 0 Å². The van der Waals surface area contributed by atoms with Gasteiger partial charge in [0.15, 0.2) is 0 Å². The summed E-state index contributed by atoms with van der Waals surface area (Å²) in [5.74, 6) is 1.27. The summed E-state index contributed by atoms with van der Waals surface area (Å²) in [6.07, 6.45) is 0. The highest BCUT2D eigenvalue weighted by molar-refractivity contribution is 7.85. The van der Waals surface area contributed by atoms with Crippen LogP contribution < -0.4 is 0 Å². The molecule has 4 nitrogen and oxygen atoms in total. The van der Waals surface area contributed by atoms with Crippen LogP contribution in [0, 0.1) is 0 Å². The van der Waals surface area contributed by atoms with Crippen LogP contribution in [0.1, 0.15) is 0 Å². The molecule has 1 aromatic heterocycles. The van der Waals surface area contributed by atoms with Gasteiger partial charge in [0.05, 0.1) is 28.2 Å². The van der Waals surface area contributed by atoms with Crippen LogP contribution in [0.15, 0.2) is 106 Å². The van der Waals surface area contributed by atoms with Crippen molar-refractivity contribution < 1.29 is 17.4 Å². The molecule has 0 N–H and O–H groups in total. The molecule has 0 bridgehead atoms. The maximum atomic E-state index is 11.2. The summed E-state index contributed by atoms with van der Waals surface area (Å²) in [5, 5.41) is 0. The van der Waals surface area contributed by atoms with Gasteiger partial charge in [0, 0.05) is 5.56 Å². The summed E-state index contributed by atoms with van der Waals surface area (Å²) in [5.41, 5.74) is 3.62. The lowest BCUT2D eigenvalue weighted by Crippen LogP contribution is -1.97. The molecule has 0 aliphatic carbocycles. The number of benzene rings is 3. The minimum absolute atomic E-state index is 0.265. The molecule has 0 saturated heterocycles. The lowest BCUT2D eigenvalue weighted by atomic mass is 10.0. The average molecular weight is 388 g/mol. The first-order valence-electron chi connectivity index (χ1n) is 8.66. The van der Waals surface area contributed by atoms with Gasteiger partial charge in [-0.15, -0.1) is 0 Å². The molecular formula is C23H16O4S. The molecule has 3 aromatic carbocycles. The van der Waals surface area contributed by atoms with Crippen LogP contribution >= 0.6 is 0 Å². The Bertz CT molecular complexity index is 1140. The summed E-state index contributed by atoms with van der Waals surface area (Å²) in [7, 11) is -4.48. The summed E-state index contributed by atoms with van der Waals surface area (Å²) < 4.78 is 39.6. The van der Waals surface area contributed by atoms with Crippen molar-refractivity contribution in [1.82, 2.24) is 0 Å². The third-order valence-electron chi connectivity index (χ3n) is 4.39. The SMILES string of the molecule is O=S(=O)([O-])c1ccc(-c2cc(-c3ccccc3)cc(-c3ccccc3)[o+]2)cc1. The van der Waals surface area contributed by atoms with E-state index in [0.29, 0.717) is 17.1 Å². The number of rotatable bonds is 4. The van der Waals surface area contributed by atoms with Crippen molar-refractivity contribution in [2.75, 3.05) is 0 Å². The van der Waals surface area contributed by atoms with Crippen molar-refractivity contribution in [3.05, 3.63) is 97.1 Å². The van der Waals surface area contributed by atoms with E-state index >= 15 is 0 Å². The largest absolute Gasteiger partial charge is 0.744 e. The second-order valence-electron chi connectivity index (χ2n) is 6.29. The van der Waals surface area contributed by atoms with Gasteiger partial charge in [0.2, 0.25) is 0 Å². The van der Waals surface area contributed by atoms with E-state index in [2.05, 4.69) is 0 Å². The minimum Gasteiger partial charge on any atom is -0.744 e. The Morgan fingerprint density at radius 1 is 0.571 bits per heavy atom. The van der Waals surface area contributed by atoms with E-state index in [1.807, 2.05) is 72.8 Å². The van der Waals surface area contributed by atoms with Gasteiger partial charge in [-0.1, -0.05) is 48.5 Å². The van der Waals surface area contributed by atoms with Crippen LogP contribution in [0.4, 0.5) is 0 Å². The Morgan fingerprint density at radius 3 is 1.54 bits per heavy atom. The lowest BCUT2D eigenvalue weighted by molar-refractivity contribution is 0.463. The van der Waals surface area contributed by atoms with Crippen LogP contribution in [0.3, 0.4) is 0 Å². The molecule has 0 saturated carbocycles. The van der Waals surface area contributed by atoms with Gasteiger partial charge < -0.3 is 4.55 Å². The maximum absolute atomic E-state index is 11.2. The Hall–Kier alpha value is -3.28. The fourth-order valence-electron chi connectivity index (χ4n) is 2.97. The van der Waals surface area contributed by atoms with E-state index in [0.717, 1.165) is 16.7 Å². The molecule has 0 radical (unpaired) electrons. The highest BCUT2D eigenvalue weighted by Gasteiger charge is 2.20. The van der Waals surface area contributed by atoms with Crippen molar-refractivity contribution in [3.8, 4) is 33.8 Å². The number of hydrogen-bond acceptors (Lipinski definition) is 3. The van der Waals surface area contributed by atoms with Gasteiger partial charge in [0.1, 0.15) is 10.1 Å². The van der Waals surface area contributed by atoms with Crippen LogP contribution in [0.2, 0.25) is 0 Å². The fourth-order valence-corrected chi connectivity index (χ4v) is 3.44. The van der Waals surface area contributed by atoms with Crippen molar-refractivity contribution >= 4 is 10.1 Å². The summed E-state index contributed by atoms with van der Waals surface area (Å²) >= 11 is 0. The van der Waals surface area contributed by atoms with E-state index in [1.165, 1.54) is 12.1 Å². The standard InChI is InChI=1S/C23H16O4S/c24-28(25,26)21-13-11-19(12-14-21)23-16-20(17-7-3-1-4-8-17)15-22(27-23)18-9-5-2-6-10-18/h1-16H.